The normalized spacial score (nSPS) is 10.2. The van der Waals surface area contributed by atoms with Crippen LogP contribution in [0.2, 0.25) is 0 Å². The van der Waals surface area contributed by atoms with Crippen molar-refractivity contribution >= 4 is 0 Å². The molecule has 0 atom stereocenters. The zero-order valence-corrected chi connectivity index (χ0v) is 7.06. The second-order valence-electron chi connectivity index (χ2n) is 2.28. The predicted molar refractivity (Wildman–Crippen MR) is 43.0 cm³/mol. The van der Waals surface area contributed by atoms with E-state index in [2.05, 4.69) is 11.8 Å². The van der Waals surface area contributed by atoms with Gasteiger partial charge >= 0.3 is 0 Å². The van der Waals surface area contributed by atoms with E-state index in [1.165, 1.54) is 4.90 Å². The van der Waals surface area contributed by atoms with Crippen LogP contribution < -0.4 is 0 Å². The standard InChI is InChI=1S/C8H13F2NO/c1-2-3-4-11(5-6-12)7-8(9)10/h8,12H,4-7H2,1H3. The molecule has 0 aliphatic carbocycles. The molecule has 0 aromatic carbocycles. The van der Waals surface area contributed by atoms with E-state index < -0.39 is 6.43 Å². The molecule has 4 heteroatoms. The number of halogens is 2. The highest BCUT2D eigenvalue weighted by Crippen LogP contribution is 1.96. The number of alkyl halides is 2. The quantitative estimate of drug-likeness (QED) is 0.620. The smallest absolute Gasteiger partial charge is 0.251 e. The summed E-state index contributed by atoms with van der Waals surface area (Å²) in [4.78, 5) is 1.42. The summed E-state index contributed by atoms with van der Waals surface area (Å²) in [5.74, 6) is 5.28. The fraction of sp³-hybridized carbons (Fsp3) is 0.750. The predicted octanol–water partition coefficient (Wildman–Crippen LogP) is 0.569. The molecule has 0 aliphatic heterocycles. The van der Waals surface area contributed by atoms with Gasteiger partial charge in [0, 0.05) is 6.54 Å². The van der Waals surface area contributed by atoms with Crippen molar-refractivity contribution < 1.29 is 13.9 Å². The molecular formula is C8H13F2NO. The fourth-order valence-corrected chi connectivity index (χ4v) is 0.762. The third-order valence-electron chi connectivity index (χ3n) is 1.29. The minimum absolute atomic E-state index is 0.113. The van der Waals surface area contributed by atoms with Gasteiger partial charge < -0.3 is 5.11 Å². The average Bonchev–Trinajstić information content (AvgIpc) is 2.00. The maximum Gasteiger partial charge on any atom is 0.251 e. The van der Waals surface area contributed by atoms with Crippen molar-refractivity contribution in [3.05, 3.63) is 0 Å². The van der Waals surface area contributed by atoms with E-state index in [0.717, 1.165) is 0 Å². The summed E-state index contributed by atoms with van der Waals surface area (Å²) in [6.07, 6.45) is -2.37. The van der Waals surface area contributed by atoms with Crippen molar-refractivity contribution in [3.8, 4) is 11.8 Å². The first-order chi connectivity index (χ1) is 5.70. The Bertz CT molecular complexity index is 162. The molecule has 0 saturated heterocycles. The highest BCUT2D eigenvalue weighted by atomic mass is 19.3. The van der Waals surface area contributed by atoms with Crippen LogP contribution >= 0.6 is 0 Å². The zero-order chi connectivity index (χ0) is 9.40. The van der Waals surface area contributed by atoms with Crippen molar-refractivity contribution in [2.24, 2.45) is 0 Å². The van der Waals surface area contributed by atoms with Crippen LogP contribution in [0, 0.1) is 11.8 Å². The van der Waals surface area contributed by atoms with Gasteiger partial charge in [-0.2, -0.15) is 0 Å². The second-order valence-corrected chi connectivity index (χ2v) is 2.28. The van der Waals surface area contributed by atoms with E-state index >= 15 is 0 Å². The molecule has 0 unspecified atom stereocenters. The molecule has 0 saturated carbocycles. The Morgan fingerprint density at radius 1 is 1.50 bits per heavy atom. The van der Waals surface area contributed by atoms with Crippen molar-refractivity contribution in [2.75, 3.05) is 26.2 Å². The molecule has 0 radical (unpaired) electrons. The van der Waals surface area contributed by atoms with E-state index in [1.807, 2.05) is 0 Å². The van der Waals surface area contributed by atoms with Crippen LogP contribution in [0.25, 0.3) is 0 Å². The number of aliphatic hydroxyl groups excluding tert-OH is 1. The number of hydrogen-bond acceptors (Lipinski definition) is 2. The molecule has 1 N–H and O–H groups in total. The lowest BCUT2D eigenvalue weighted by Crippen LogP contribution is -2.31. The molecule has 70 valence electrons. The maximum atomic E-state index is 11.9. The van der Waals surface area contributed by atoms with Crippen LogP contribution in [0.5, 0.6) is 0 Å². The van der Waals surface area contributed by atoms with Crippen molar-refractivity contribution in [1.82, 2.24) is 4.90 Å². The number of nitrogens with zero attached hydrogens (tertiary/aromatic N) is 1. The molecule has 0 spiro atoms. The minimum atomic E-state index is -2.37. The van der Waals surface area contributed by atoms with Crippen LogP contribution in [0.4, 0.5) is 8.78 Å². The van der Waals surface area contributed by atoms with Gasteiger partial charge in [-0.3, -0.25) is 4.90 Å². The topological polar surface area (TPSA) is 23.5 Å². The Morgan fingerprint density at radius 3 is 2.58 bits per heavy atom. The van der Waals surface area contributed by atoms with Crippen LogP contribution in [0.15, 0.2) is 0 Å². The SMILES string of the molecule is CC#CCN(CCO)CC(F)F. The number of hydrogen-bond donors (Lipinski definition) is 1. The van der Waals surface area contributed by atoms with Gasteiger partial charge in [-0.1, -0.05) is 5.92 Å². The maximum absolute atomic E-state index is 11.9. The van der Waals surface area contributed by atoms with Gasteiger partial charge in [-0.25, -0.2) is 8.78 Å². The first-order valence-electron chi connectivity index (χ1n) is 3.71. The minimum Gasteiger partial charge on any atom is -0.395 e. The summed E-state index contributed by atoms with van der Waals surface area (Å²) in [6, 6.07) is 0. The first kappa shape index (κ1) is 11.3. The third-order valence-corrected chi connectivity index (χ3v) is 1.29. The zero-order valence-electron chi connectivity index (χ0n) is 7.06. The fourth-order valence-electron chi connectivity index (χ4n) is 0.762. The van der Waals surface area contributed by atoms with Gasteiger partial charge in [-0.05, 0) is 6.92 Å². The summed E-state index contributed by atoms with van der Waals surface area (Å²) in [7, 11) is 0. The van der Waals surface area contributed by atoms with Gasteiger partial charge in [0.2, 0.25) is 0 Å². The van der Waals surface area contributed by atoms with Crippen molar-refractivity contribution in [3.63, 3.8) is 0 Å². The largest absolute Gasteiger partial charge is 0.395 e. The van der Waals surface area contributed by atoms with E-state index in [9.17, 15) is 8.78 Å². The summed E-state index contributed by atoms with van der Waals surface area (Å²) in [6.45, 7) is 1.76. The van der Waals surface area contributed by atoms with Gasteiger partial charge in [0.15, 0.2) is 0 Å². The van der Waals surface area contributed by atoms with Crippen LogP contribution in [0.1, 0.15) is 6.92 Å². The van der Waals surface area contributed by atoms with Gasteiger partial charge in [0.05, 0.1) is 19.7 Å². The monoisotopic (exact) mass is 177 g/mol. The van der Waals surface area contributed by atoms with Crippen LogP contribution in [-0.2, 0) is 0 Å². The summed E-state index contributed by atoms with van der Waals surface area (Å²) in [5.41, 5.74) is 0. The Labute approximate surface area is 71.2 Å². The summed E-state index contributed by atoms with van der Waals surface area (Å²) >= 11 is 0. The van der Waals surface area contributed by atoms with E-state index in [0.29, 0.717) is 6.54 Å². The van der Waals surface area contributed by atoms with Gasteiger partial charge in [0.1, 0.15) is 0 Å². The third kappa shape index (κ3) is 6.08. The van der Waals surface area contributed by atoms with E-state index in [4.69, 9.17) is 5.11 Å². The molecule has 0 rings (SSSR count). The number of aliphatic hydroxyl groups is 1. The van der Waals surface area contributed by atoms with E-state index in [-0.39, 0.29) is 19.7 Å². The highest BCUT2D eigenvalue weighted by Gasteiger charge is 2.09. The van der Waals surface area contributed by atoms with Gasteiger partial charge in [0.25, 0.3) is 6.43 Å². The lowest BCUT2D eigenvalue weighted by Gasteiger charge is -2.17. The molecular weight excluding hydrogens is 164 g/mol. The summed E-state index contributed by atoms with van der Waals surface area (Å²) in [5, 5.41) is 8.51. The molecule has 0 aliphatic rings. The second kappa shape index (κ2) is 7.01. The summed E-state index contributed by atoms with van der Waals surface area (Å²) < 4.78 is 23.7. The van der Waals surface area contributed by atoms with Crippen molar-refractivity contribution in [1.29, 1.82) is 0 Å². The molecule has 0 amide bonds. The molecule has 0 aromatic heterocycles. The molecule has 0 aromatic rings. The first-order valence-corrected chi connectivity index (χ1v) is 3.71. The average molecular weight is 177 g/mol. The highest BCUT2D eigenvalue weighted by molar-refractivity contribution is 4.97. The molecule has 2 nitrogen and oxygen atoms in total. The Hall–Kier alpha value is -0.660. The molecule has 0 bridgehead atoms. The Morgan fingerprint density at radius 2 is 2.17 bits per heavy atom. The molecule has 12 heavy (non-hydrogen) atoms. The van der Waals surface area contributed by atoms with Crippen molar-refractivity contribution in [2.45, 2.75) is 13.3 Å². The van der Waals surface area contributed by atoms with E-state index in [1.54, 1.807) is 6.92 Å². The Kier molecular flexibility index (Phi) is 6.63. The van der Waals surface area contributed by atoms with Crippen LogP contribution in [-0.4, -0.2) is 42.7 Å². The number of rotatable bonds is 5. The lowest BCUT2D eigenvalue weighted by molar-refractivity contribution is 0.0854. The molecule has 0 heterocycles. The van der Waals surface area contributed by atoms with Crippen LogP contribution in [0.3, 0.4) is 0 Å². The lowest BCUT2D eigenvalue weighted by atomic mass is 10.4. The Balaban J connectivity index is 3.74. The van der Waals surface area contributed by atoms with Gasteiger partial charge in [-0.15, -0.1) is 5.92 Å². The molecule has 0 fully saturated rings.